The van der Waals surface area contributed by atoms with Gasteiger partial charge in [0.05, 0.1) is 27.4 Å². The van der Waals surface area contributed by atoms with Crippen LogP contribution < -0.4 is 4.80 Å². The Hall–Kier alpha value is -2.30. The molecule has 2 heterocycles. The Morgan fingerprint density at radius 2 is 2.03 bits per heavy atom. The Balaban J connectivity index is 2.15. The normalized spacial score (nSPS) is 12.9. The molecule has 2 aromatic heterocycles. The van der Waals surface area contributed by atoms with Gasteiger partial charge in [0.1, 0.15) is 5.69 Å². The zero-order chi connectivity index (χ0) is 22.1. The largest absolute Gasteiger partial charge is 0.380 e. The van der Waals surface area contributed by atoms with E-state index >= 15 is 0 Å². The molecule has 0 N–H and O–H groups in total. The molecule has 0 unspecified atom stereocenters. The van der Waals surface area contributed by atoms with Crippen LogP contribution in [0.4, 0.5) is 0 Å². The van der Waals surface area contributed by atoms with E-state index in [4.69, 9.17) is 4.74 Å². The lowest BCUT2D eigenvalue weighted by atomic mass is 10.3. The minimum atomic E-state index is -3.33. The number of aromatic nitrogens is 3. The van der Waals surface area contributed by atoms with E-state index in [-0.39, 0.29) is 16.8 Å². The summed E-state index contributed by atoms with van der Waals surface area (Å²) in [4.78, 5) is 18.1. The second-order valence-corrected chi connectivity index (χ2v) is 10.3. The van der Waals surface area contributed by atoms with Gasteiger partial charge in [-0.05, 0) is 52.0 Å². The van der Waals surface area contributed by atoms with Crippen molar-refractivity contribution < 1.29 is 17.9 Å². The molecule has 10 heteroatoms. The van der Waals surface area contributed by atoms with Crippen molar-refractivity contribution in [3.8, 4) is 0 Å². The van der Waals surface area contributed by atoms with Crippen molar-refractivity contribution in [2.75, 3.05) is 19.5 Å². The monoisotopic (exact) mass is 450 g/mol. The lowest BCUT2D eigenvalue weighted by Gasteiger charge is -2.08. The van der Waals surface area contributed by atoms with Gasteiger partial charge in [0.2, 0.25) is 0 Å². The number of aryl methyl sites for hydroxylation is 1. The number of rotatable bonds is 7. The second-order valence-electron chi connectivity index (χ2n) is 7.26. The fourth-order valence-electron chi connectivity index (χ4n) is 3.10. The number of hydrogen-bond acceptors (Lipinski definition) is 6. The summed E-state index contributed by atoms with van der Waals surface area (Å²) in [6.45, 7) is 9.21. The summed E-state index contributed by atoms with van der Waals surface area (Å²) in [5.74, 6) is -0.385. The van der Waals surface area contributed by atoms with E-state index in [2.05, 4.69) is 10.1 Å². The fraction of sp³-hybridized carbons (Fsp3) is 0.450. The molecule has 3 aromatic rings. The van der Waals surface area contributed by atoms with Crippen molar-refractivity contribution in [3.63, 3.8) is 0 Å². The number of carbonyl (C=O) groups excluding carboxylic acids is 1. The summed E-state index contributed by atoms with van der Waals surface area (Å²) in [5.41, 5.74) is 1.99. The molecule has 1 aromatic carbocycles. The van der Waals surface area contributed by atoms with Crippen molar-refractivity contribution in [3.05, 3.63) is 40.5 Å². The standard InChI is InChI=1S/C20H26N4O4S2/c1-6-28-10-9-23-16-8-7-15(30(5,26)27)12-18(16)29-20(23)21-19(25)17-11-14(4)22-24(17)13(2)3/h7-8,11-13H,6,9-10H2,1-5H3. The molecule has 0 aliphatic heterocycles. The molecule has 162 valence electrons. The molecular formula is C20H26N4O4S2. The quantitative estimate of drug-likeness (QED) is 0.516. The smallest absolute Gasteiger partial charge is 0.297 e. The van der Waals surface area contributed by atoms with Crippen LogP contribution in [-0.4, -0.2) is 48.1 Å². The van der Waals surface area contributed by atoms with Crippen LogP contribution in [0.5, 0.6) is 0 Å². The van der Waals surface area contributed by atoms with E-state index in [0.717, 1.165) is 15.9 Å². The van der Waals surface area contributed by atoms with Crippen LogP contribution in [0.25, 0.3) is 10.2 Å². The van der Waals surface area contributed by atoms with Crippen molar-refractivity contribution in [2.24, 2.45) is 4.99 Å². The van der Waals surface area contributed by atoms with Crippen LogP contribution >= 0.6 is 11.3 Å². The number of carbonyl (C=O) groups is 1. The third kappa shape index (κ3) is 4.71. The lowest BCUT2D eigenvalue weighted by Crippen LogP contribution is -2.21. The van der Waals surface area contributed by atoms with Crippen molar-refractivity contribution in [1.29, 1.82) is 0 Å². The van der Waals surface area contributed by atoms with Gasteiger partial charge < -0.3 is 9.30 Å². The Kier molecular flexibility index (Phi) is 6.59. The van der Waals surface area contributed by atoms with Crippen LogP contribution in [0.1, 0.15) is 43.0 Å². The first kappa shape index (κ1) is 22.4. The molecule has 0 bridgehead atoms. The average molecular weight is 451 g/mol. The van der Waals surface area contributed by atoms with Gasteiger partial charge in [-0.15, -0.1) is 0 Å². The van der Waals surface area contributed by atoms with Gasteiger partial charge in [0.25, 0.3) is 5.91 Å². The molecular weight excluding hydrogens is 424 g/mol. The molecule has 0 atom stereocenters. The molecule has 0 saturated heterocycles. The zero-order valence-electron chi connectivity index (χ0n) is 17.7. The minimum Gasteiger partial charge on any atom is -0.380 e. The first-order chi connectivity index (χ1) is 14.1. The average Bonchev–Trinajstić information content (AvgIpc) is 3.21. The highest BCUT2D eigenvalue weighted by atomic mass is 32.2. The van der Waals surface area contributed by atoms with Crippen molar-refractivity contribution in [1.82, 2.24) is 14.3 Å². The van der Waals surface area contributed by atoms with Gasteiger partial charge in [0.15, 0.2) is 14.6 Å². The van der Waals surface area contributed by atoms with E-state index in [0.29, 0.717) is 30.3 Å². The van der Waals surface area contributed by atoms with E-state index in [9.17, 15) is 13.2 Å². The van der Waals surface area contributed by atoms with E-state index in [1.807, 2.05) is 32.3 Å². The number of benzene rings is 1. The number of sulfone groups is 1. The number of fused-ring (bicyclic) bond motifs is 1. The topological polar surface area (TPSA) is 95.6 Å². The predicted octanol–water partition coefficient (Wildman–Crippen LogP) is 2.97. The van der Waals surface area contributed by atoms with Crippen molar-refractivity contribution in [2.45, 2.75) is 45.2 Å². The lowest BCUT2D eigenvalue weighted by molar-refractivity contribution is 0.0984. The molecule has 0 aliphatic rings. The molecule has 8 nitrogen and oxygen atoms in total. The van der Waals surface area contributed by atoms with Crippen LogP contribution in [0, 0.1) is 6.92 Å². The van der Waals surface area contributed by atoms with Gasteiger partial charge in [-0.2, -0.15) is 10.1 Å². The summed E-state index contributed by atoms with van der Waals surface area (Å²) < 4.78 is 33.7. The van der Waals surface area contributed by atoms with E-state index in [1.165, 1.54) is 17.6 Å². The molecule has 0 saturated carbocycles. The predicted molar refractivity (Wildman–Crippen MR) is 117 cm³/mol. The fourth-order valence-corrected chi connectivity index (χ4v) is 4.92. The number of thiazole rings is 1. The maximum absolute atomic E-state index is 13.0. The van der Waals surface area contributed by atoms with Crippen LogP contribution in [0.2, 0.25) is 0 Å². The molecule has 30 heavy (non-hydrogen) atoms. The van der Waals surface area contributed by atoms with Gasteiger partial charge >= 0.3 is 0 Å². The first-order valence-electron chi connectivity index (χ1n) is 9.68. The Bertz CT molecular complexity index is 1250. The highest BCUT2D eigenvalue weighted by molar-refractivity contribution is 7.90. The summed E-state index contributed by atoms with van der Waals surface area (Å²) >= 11 is 1.28. The van der Waals surface area contributed by atoms with Gasteiger partial charge in [-0.25, -0.2) is 8.42 Å². The molecule has 0 spiro atoms. The number of hydrogen-bond donors (Lipinski definition) is 0. The van der Waals surface area contributed by atoms with E-state index < -0.39 is 9.84 Å². The van der Waals surface area contributed by atoms with Gasteiger partial charge in [0, 0.05) is 25.4 Å². The van der Waals surface area contributed by atoms with Crippen LogP contribution in [0.15, 0.2) is 34.2 Å². The molecule has 1 amide bonds. The Labute approximate surface area is 179 Å². The van der Waals surface area contributed by atoms with Crippen molar-refractivity contribution >= 4 is 37.3 Å². The van der Waals surface area contributed by atoms with Crippen LogP contribution in [0.3, 0.4) is 0 Å². The maximum Gasteiger partial charge on any atom is 0.297 e. The maximum atomic E-state index is 13.0. The van der Waals surface area contributed by atoms with Gasteiger partial charge in [-0.3, -0.25) is 9.48 Å². The zero-order valence-corrected chi connectivity index (χ0v) is 19.4. The summed E-state index contributed by atoms with van der Waals surface area (Å²) in [5, 5.41) is 4.38. The van der Waals surface area contributed by atoms with E-state index in [1.54, 1.807) is 28.9 Å². The highest BCUT2D eigenvalue weighted by Crippen LogP contribution is 2.22. The summed E-state index contributed by atoms with van der Waals surface area (Å²) in [7, 11) is -3.33. The Morgan fingerprint density at radius 1 is 1.30 bits per heavy atom. The molecule has 3 rings (SSSR count). The number of ether oxygens (including phenoxy) is 1. The third-order valence-electron chi connectivity index (χ3n) is 4.51. The van der Waals surface area contributed by atoms with Gasteiger partial charge in [-0.1, -0.05) is 11.3 Å². The first-order valence-corrected chi connectivity index (χ1v) is 12.4. The Morgan fingerprint density at radius 3 is 2.67 bits per heavy atom. The highest BCUT2D eigenvalue weighted by Gasteiger charge is 2.17. The molecule has 0 aliphatic carbocycles. The SMILES string of the molecule is CCOCCn1c(=NC(=O)c2cc(C)nn2C(C)C)sc2cc(S(C)(=O)=O)ccc21. The summed E-state index contributed by atoms with van der Waals surface area (Å²) in [6.07, 6.45) is 1.18. The third-order valence-corrected chi connectivity index (χ3v) is 6.66. The summed E-state index contributed by atoms with van der Waals surface area (Å²) in [6, 6.07) is 6.70. The number of nitrogens with zero attached hydrogens (tertiary/aromatic N) is 4. The molecule has 0 fully saturated rings. The second kappa shape index (κ2) is 8.83. The minimum absolute atomic E-state index is 0.0256. The van der Waals surface area contributed by atoms with Crippen LogP contribution in [-0.2, 0) is 21.1 Å². The number of amides is 1. The molecule has 0 radical (unpaired) electrons.